The molecule has 0 aliphatic carbocycles. The first-order valence-corrected chi connectivity index (χ1v) is 4.03. The molecule has 5 heteroatoms. The standard InChI is InChI=1S/C8H13N3O2/c1-6(12)5-11(2)8(13)7-3-9-10-4-7/h3-4,6,12H,5H2,1-2H3,(H,9,10). The predicted molar refractivity (Wildman–Crippen MR) is 47.2 cm³/mol. The monoisotopic (exact) mass is 183 g/mol. The average molecular weight is 183 g/mol. The van der Waals surface area contributed by atoms with Crippen LogP contribution in [-0.4, -0.2) is 45.8 Å². The molecular formula is C8H13N3O2. The lowest BCUT2D eigenvalue weighted by atomic mass is 10.3. The van der Waals surface area contributed by atoms with Crippen LogP contribution in [0.1, 0.15) is 17.3 Å². The van der Waals surface area contributed by atoms with Crippen LogP contribution in [0.5, 0.6) is 0 Å². The molecule has 0 saturated carbocycles. The van der Waals surface area contributed by atoms with E-state index in [-0.39, 0.29) is 5.91 Å². The van der Waals surface area contributed by atoms with Crippen LogP contribution in [0.3, 0.4) is 0 Å². The summed E-state index contributed by atoms with van der Waals surface area (Å²) in [5, 5.41) is 15.3. The lowest BCUT2D eigenvalue weighted by Crippen LogP contribution is -2.32. The third kappa shape index (κ3) is 2.55. The molecule has 1 amide bonds. The van der Waals surface area contributed by atoms with E-state index in [9.17, 15) is 4.79 Å². The number of carbonyl (C=O) groups is 1. The van der Waals surface area contributed by atoms with Crippen LogP contribution < -0.4 is 0 Å². The second kappa shape index (κ2) is 4.04. The van der Waals surface area contributed by atoms with Crippen molar-refractivity contribution in [3.8, 4) is 0 Å². The number of nitrogens with zero attached hydrogens (tertiary/aromatic N) is 2. The summed E-state index contributed by atoms with van der Waals surface area (Å²) in [5.41, 5.74) is 0.503. The molecule has 0 spiro atoms. The molecule has 0 fully saturated rings. The van der Waals surface area contributed by atoms with Gasteiger partial charge in [0, 0.05) is 19.8 Å². The van der Waals surface area contributed by atoms with Gasteiger partial charge in [-0.15, -0.1) is 0 Å². The maximum absolute atomic E-state index is 11.5. The molecule has 2 N–H and O–H groups in total. The zero-order valence-electron chi connectivity index (χ0n) is 7.69. The Hall–Kier alpha value is -1.36. The molecule has 0 aliphatic heterocycles. The molecule has 1 aromatic heterocycles. The Morgan fingerprint density at radius 1 is 1.85 bits per heavy atom. The van der Waals surface area contributed by atoms with Crippen LogP contribution in [-0.2, 0) is 0 Å². The molecular weight excluding hydrogens is 170 g/mol. The molecule has 1 atom stereocenters. The number of nitrogens with one attached hydrogen (secondary N) is 1. The highest BCUT2D eigenvalue weighted by Gasteiger charge is 2.13. The molecule has 5 nitrogen and oxygen atoms in total. The Balaban J connectivity index is 2.58. The van der Waals surface area contributed by atoms with Gasteiger partial charge in [0.05, 0.1) is 17.9 Å². The van der Waals surface area contributed by atoms with E-state index in [1.165, 1.54) is 17.3 Å². The van der Waals surface area contributed by atoms with Gasteiger partial charge in [-0.3, -0.25) is 9.89 Å². The number of rotatable bonds is 3. The largest absolute Gasteiger partial charge is 0.392 e. The topological polar surface area (TPSA) is 69.2 Å². The van der Waals surface area contributed by atoms with Crippen LogP contribution in [0.25, 0.3) is 0 Å². The average Bonchev–Trinajstić information content (AvgIpc) is 2.53. The highest BCUT2D eigenvalue weighted by Crippen LogP contribution is 2.00. The molecule has 1 aromatic rings. The maximum Gasteiger partial charge on any atom is 0.256 e. The fraction of sp³-hybridized carbons (Fsp3) is 0.500. The van der Waals surface area contributed by atoms with Crippen molar-refractivity contribution < 1.29 is 9.90 Å². The van der Waals surface area contributed by atoms with E-state index in [4.69, 9.17) is 5.11 Å². The number of hydrogen-bond acceptors (Lipinski definition) is 3. The minimum atomic E-state index is -0.513. The quantitative estimate of drug-likeness (QED) is 0.685. The van der Waals surface area contributed by atoms with Crippen molar-refractivity contribution >= 4 is 5.91 Å². The lowest BCUT2D eigenvalue weighted by molar-refractivity contribution is 0.0704. The normalized spacial score (nSPS) is 12.5. The van der Waals surface area contributed by atoms with E-state index in [1.54, 1.807) is 14.0 Å². The van der Waals surface area contributed by atoms with E-state index in [2.05, 4.69) is 10.2 Å². The second-order valence-corrected chi connectivity index (χ2v) is 3.02. The lowest BCUT2D eigenvalue weighted by Gasteiger charge is -2.17. The van der Waals surface area contributed by atoms with Crippen LogP contribution in [0.15, 0.2) is 12.4 Å². The molecule has 0 aliphatic rings. The van der Waals surface area contributed by atoms with E-state index >= 15 is 0 Å². The zero-order chi connectivity index (χ0) is 9.84. The van der Waals surface area contributed by atoms with E-state index in [0.717, 1.165) is 0 Å². The fourth-order valence-electron chi connectivity index (χ4n) is 1.07. The third-order valence-electron chi connectivity index (χ3n) is 1.63. The summed E-state index contributed by atoms with van der Waals surface area (Å²) in [4.78, 5) is 12.9. The molecule has 0 radical (unpaired) electrons. The van der Waals surface area contributed by atoms with Crippen molar-refractivity contribution in [1.82, 2.24) is 15.1 Å². The van der Waals surface area contributed by atoms with E-state index in [1.807, 2.05) is 0 Å². The molecule has 1 rings (SSSR count). The number of amides is 1. The van der Waals surface area contributed by atoms with Crippen molar-refractivity contribution in [1.29, 1.82) is 0 Å². The molecule has 1 unspecified atom stereocenters. The fourth-order valence-corrected chi connectivity index (χ4v) is 1.07. The van der Waals surface area contributed by atoms with Gasteiger partial charge in [0.15, 0.2) is 0 Å². The smallest absolute Gasteiger partial charge is 0.256 e. The van der Waals surface area contributed by atoms with Gasteiger partial charge in [0.1, 0.15) is 0 Å². The number of aromatic nitrogens is 2. The Labute approximate surface area is 76.4 Å². The van der Waals surface area contributed by atoms with Gasteiger partial charge in [-0.2, -0.15) is 5.10 Å². The summed E-state index contributed by atoms with van der Waals surface area (Å²) in [7, 11) is 1.64. The summed E-state index contributed by atoms with van der Waals surface area (Å²) < 4.78 is 0. The first kappa shape index (κ1) is 9.73. The van der Waals surface area contributed by atoms with Crippen molar-refractivity contribution in [2.75, 3.05) is 13.6 Å². The summed E-state index contributed by atoms with van der Waals surface area (Å²) in [5.74, 6) is -0.144. The predicted octanol–water partition coefficient (Wildman–Crippen LogP) is -0.138. The van der Waals surface area contributed by atoms with Crippen LogP contribution in [0.4, 0.5) is 0 Å². The highest BCUT2D eigenvalue weighted by atomic mass is 16.3. The number of H-pyrrole nitrogens is 1. The minimum absolute atomic E-state index is 0.144. The van der Waals surface area contributed by atoms with E-state index in [0.29, 0.717) is 12.1 Å². The van der Waals surface area contributed by atoms with Crippen LogP contribution in [0, 0.1) is 0 Å². The molecule has 1 heterocycles. The number of hydrogen-bond donors (Lipinski definition) is 2. The Kier molecular flexibility index (Phi) is 3.02. The summed E-state index contributed by atoms with van der Waals surface area (Å²) in [6, 6.07) is 0. The van der Waals surface area contributed by atoms with Gasteiger partial charge in [-0.1, -0.05) is 0 Å². The van der Waals surface area contributed by atoms with Gasteiger partial charge in [0.2, 0.25) is 0 Å². The van der Waals surface area contributed by atoms with Crippen molar-refractivity contribution in [3.05, 3.63) is 18.0 Å². The SMILES string of the molecule is CC(O)CN(C)C(=O)c1cn[nH]c1. The number of aliphatic hydroxyl groups excluding tert-OH is 1. The van der Waals surface area contributed by atoms with Gasteiger partial charge in [0.25, 0.3) is 5.91 Å². The number of aromatic amines is 1. The van der Waals surface area contributed by atoms with Crippen molar-refractivity contribution in [2.45, 2.75) is 13.0 Å². The van der Waals surface area contributed by atoms with Crippen LogP contribution in [0.2, 0.25) is 0 Å². The van der Waals surface area contributed by atoms with Crippen LogP contribution >= 0.6 is 0 Å². The first-order chi connectivity index (χ1) is 6.11. The summed E-state index contributed by atoms with van der Waals surface area (Å²) >= 11 is 0. The summed E-state index contributed by atoms with van der Waals surface area (Å²) in [6.07, 6.45) is 2.47. The molecule has 0 bridgehead atoms. The van der Waals surface area contributed by atoms with Gasteiger partial charge < -0.3 is 10.0 Å². The van der Waals surface area contributed by atoms with Crippen molar-refractivity contribution in [3.63, 3.8) is 0 Å². The van der Waals surface area contributed by atoms with Gasteiger partial charge >= 0.3 is 0 Å². The van der Waals surface area contributed by atoms with Crippen molar-refractivity contribution in [2.24, 2.45) is 0 Å². The summed E-state index contributed by atoms with van der Waals surface area (Å²) in [6.45, 7) is 1.96. The highest BCUT2D eigenvalue weighted by molar-refractivity contribution is 5.93. The Morgan fingerprint density at radius 3 is 3.00 bits per heavy atom. The van der Waals surface area contributed by atoms with E-state index < -0.39 is 6.10 Å². The van der Waals surface area contributed by atoms with Gasteiger partial charge in [-0.05, 0) is 6.92 Å². The first-order valence-electron chi connectivity index (χ1n) is 4.03. The number of likely N-dealkylation sites (N-methyl/N-ethyl adjacent to an activating group) is 1. The Bertz CT molecular complexity index is 269. The number of aliphatic hydroxyl groups is 1. The van der Waals surface area contributed by atoms with Gasteiger partial charge in [-0.25, -0.2) is 0 Å². The third-order valence-corrected chi connectivity index (χ3v) is 1.63. The molecule has 13 heavy (non-hydrogen) atoms. The molecule has 0 saturated heterocycles. The minimum Gasteiger partial charge on any atom is -0.392 e. The maximum atomic E-state index is 11.5. The Morgan fingerprint density at radius 2 is 2.54 bits per heavy atom. The number of carbonyl (C=O) groups excluding carboxylic acids is 1. The second-order valence-electron chi connectivity index (χ2n) is 3.02. The molecule has 72 valence electrons. The molecule has 0 aromatic carbocycles. The zero-order valence-corrected chi connectivity index (χ0v) is 7.69.